The van der Waals surface area contributed by atoms with Gasteiger partial charge in [0, 0.05) is 18.6 Å². The molecule has 1 saturated carbocycles. The lowest BCUT2D eigenvalue weighted by Crippen LogP contribution is -2.38. The minimum Gasteiger partial charge on any atom is -0.329 e. The summed E-state index contributed by atoms with van der Waals surface area (Å²) in [6, 6.07) is 4.15. The van der Waals surface area contributed by atoms with Crippen molar-refractivity contribution in [1.29, 1.82) is 0 Å². The Kier molecular flexibility index (Phi) is 3.10. The maximum atomic E-state index is 13.6. The Bertz CT molecular complexity index is 460. The number of rotatable bonds is 3. The summed E-state index contributed by atoms with van der Waals surface area (Å²) in [5, 5.41) is 0.402. The van der Waals surface area contributed by atoms with Crippen LogP contribution in [0.5, 0.6) is 0 Å². The van der Waals surface area contributed by atoms with Gasteiger partial charge in [0.2, 0.25) is 5.91 Å². The monoisotopic (exact) mass is 256 g/mol. The van der Waals surface area contributed by atoms with Gasteiger partial charge in [-0.05, 0) is 31.0 Å². The lowest BCUT2D eigenvalue weighted by Gasteiger charge is -2.23. The average molecular weight is 257 g/mol. The van der Waals surface area contributed by atoms with Crippen LogP contribution in [-0.4, -0.2) is 19.5 Å². The number of nitrogens with two attached hydrogens (primary N) is 1. The lowest BCUT2D eigenvalue weighted by atomic mass is 10.1. The Labute approximate surface area is 104 Å². The smallest absolute Gasteiger partial charge is 0.234 e. The third-order valence-electron chi connectivity index (χ3n) is 3.27. The predicted octanol–water partition coefficient (Wildman–Crippen LogP) is 2.18. The third kappa shape index (κ3) is 2.15. The zero-order chi connectivity index (χ0) is 12.6. The Balaban J connectivity index is 2.28. The fourth-order valence-corrected chi connectivity index (χ4v) is 2.03. The summed E-state index contributed by atoms with van der Waals surface area (Å²) in [5.41, 5.74) is 5.30. The zero-order valence-electron chi connectivity index (χ0n) is 9.54. The van der Waals surface area contributed by atoms with Crippen molar-refractivity contribution in [3.8, 4) is 0 Å². The van der Waals surface area contributed by atoms with Crippen LogP contribution in [0, 0.1) is 11.2 Å². The van der Waals surface area contributed by atoms with Crippen LogP contribution >= 0.6 is 11.6 Å². The van der Waals surface area contributed by atoms with Crippen LogP contribution in [0.4, 0.5) is 10.1 Å². The highest BCUT2D eigenvalue weighted by Gasteiger charge is 2.50. The number of anilines is 1. The number of hydrogen-bond acceptors (Lipinski definition) is 2. The van der Waals surface area contributed by atoms with Gasteiger partial charge in [0.05, 0.1) is 11.1 Å². The highest BCUT2D eigenvalue weighted by atomic mass is 35.5. The molecule has 0 heterocycles. The largest absolute Gasteiger partial charge is 0.329 e. The van der Waals surface area contributed by atoms with Gasteiger partial charge in [-0.3, -0.25) is 4.79 Å². The summed E-state index contributed by atoms with van der Waals surface area (Å²) in [4.78, 5) is 13.5. The van der Waals surface area contributed by atoms with Crippen LogP contribution in [0.25, 0.3) is 0 Å². The molecule has 0 aromatic heterocycles. The molecule has 0 bridgehead atoms. The van der Waals surface area contributed by atoms with E-state index in [0.717, 1.165) is 12.8 Å². The molecule has 0 atom stereocenters. The van der Waals surface area contributed by atoms with Crippen molar-refractivity contribution >= 4 is 23.2 Å². The lowest BCUT2D eigenvalue weighted by molar-refractivity contribution is -0.123. The first kappa shape index (κ1) is 12.3. The molecule has 0 saturated heterocycles. The Morgan fingerprint density at radius 2 is 2.24 bits per heavy atom. The van der Waals surface area contributed by atoms with E-state index in [0.29, 0.717) is 11.6 Å². The Morgan fingerprint density at radius 1 is 1.59 bits per heavy atom. The normalized spacial score (nSPS) is 16.7. The molecule has 17 heavy (non-hydrogen) atoms. The molecular formula is C12H14ClFN2O. The quantitative estimate of drug-likeness (QED) is 0.901. The number of nitrogens with zero attached hydrogens (tertiary/aromatic N) is 1. The van der Waals surface area contributed by atoms with Crippen molar-refractivity contribution < 1.29 is 9.18 Å². The van der Waals surface area contributed by atoms with Crippen LogP contribution in [0.1, 0.15) is 12.8 Å². The fraction of sp³-hybridized carbons (Fsp3) is 0.417. The van der Waals surface area contributed by atoms with Gasteiger partial charge in [-0.1, -0.05) is 11.6 Å². The molecule has 1 amide bonds. The van der Waals surface area contributed by atoms with E-state index in [1.165, 1.54) is 23.1 Å². The summed E-state index contributed by atoms with van der Waals surface area (Å²) in [6.07, 6.45) is 1.55. The van der Waals surface area contributed by atoms with E-state index >= 15 is 0 Å². The van der Waals surface area contributed by atoms with E-state index in [1.54, 1.807) is 7.05 Å². The molecule has 0 unspecified atom stereocenters. The Hall–Kier alpha value is -1.13. The van der Waals surface area contributed by atoms with Gasteiger partial charge in [0.15, 0.2) is 0 Å². The van der Waals surface area contributed by atoms with Crippen molar-refractivity contribution in [2.45, 2.75) is 12.8 Å². The summed E-state index contributed by atoms with van der Waals surface area (Å²) < 4.78 is 13.6. The maximum absolute atomic E-state index is 13.6. The molecule has 0 radical (unpaired) electrons. The van der Waals surface area contributed by atoms with Crippen LogP contribution in [0.15, 0.2) is 18.2 Å². The molecule has 1 aliphatic carbocycles. The number of benzene rings is 1. The molecule has 2 rings (SSSR count). The SMILES string of the molecule is CN(C(=O)C1(CN)CC1)c1cc(Cl)ccc1F. The van der Waals surface area contributed by atoms with E-state index in [-0.39, 0.29) is 11.6 Å². The van der Waals surface area contributed by atoms with Gasteiger partial charge in [-0.25, -0.2) is 4.39 Å². The first-order chi connectivity index (χ1) is 8.00. The first-order valence-electron chi connectivity index (χ1n) is 5.43. The fourth-order valence-electron chi connectivity index (χ4n) is 1.86. The maximum Gasteiger partial charge on any atom is 0.234 e. The Morgan fingerprint density at radius 3 is 2.76 bits per heavy atom. The molecule has 0 spiro atoms. The molecule has 2 N–H and O–H groups in total. The summed E-state index contributed by atoms with van der Waals surface area (Å²) >= 11 is 5.80. The second kappa shape index (κ2) is 4.27. The predicted molar refractivity (Wildman–Crippen MR) is 65.5 cm³/mol. The van der Waals surface area contributed by atoms with Crippen molar-refractivity contribution in [3.05, 3.63) is 29.0 Å². The summed E-state index contributed by atoms with van der Waals surface area (Å²) in [6.45, 7) is 0.304. The summed E-state index contributed by atoms with van der Waals surface area (Å²) in [5.74, 6) is -0.598. The highest BCUT2D eigenvalue weighted by Crippen LogP contribution is 2.46. The number of hydrogen-bond donors (Lipinski definition) is 1. The number of amides is 1. The second-order valence-electron chi connectivity index (χ2n) is 4.44. The van der Waals surface area contributed by atoms with Gasteiger partial charge in [0.25, 0.3) is 0 Å². The molecule has 1 fully saturated rings. The molecule has 5 heteroatoms. The van der Waals surface area contributed by atoms with Gasteiger partial charge < -0.3 is 10.6 Å². The molecule has 3 nitrogen and oxygen atoms in total. The molecule has 1 aliphatic rings. The van der Waals surface area contributed by atoms with E-state index in [2.05, 4.69) is 0 Å². The summed E-state index contributed by atoms with van der Waals surface area (Å²) in [7, 11) is 1.55. The van der Waals surface area contributed by atoms with Crippen LogP contribution in [0.2, 0.25) is 5.02 Å². The second-order valence-corrected chi connectivity index (χ2v) is 4.88. The molecular weight excluding hydrogens is 243 g/mol. The minimum absolute atomic E-state index is 0.138. The van der Waals surface area contributed by atoms with Crippen molar-refractivity contribution in [3.63, 3.8) is 0 Å². The molecule has 1 aromatic carbocycles. The van der Waals surface area contributed by atoms with Crippen molar-refractivity contribution in [2.24, 2.45) is 11.1 Å². The van der Waals surface area contributed by atoms with Gasteiger partial charge in [-0.2, -0.15) is 0 Å². The van der Waals surface area contributed by atoms with E-state index < -0.39 is 11.2 Å². The number of halogens is 2. The van der Waals surface area contributed by atoms with Crippen LogP contribution in [-0.2, 0) is 4.79 Å². The first-order valence-corrected chi connectivity index (χ1v) is 5.81. The van der Waals surface area contributed by atoms with Gasteiger partial charge in [-0.15, -0.1) is 0 Å². The van der Waals surface area contributed by atoms with Gasteiger partial charge >= 0.3 is 0 Å². The van der Waals surface area contributed by atoms with Crippen molar-refractivity contribution in [2.75, 3.05) is 18.5 Å². The molecule has 92 valence electrons. The minimum atomic E-state index is -0.483. The zero-order valence-corrected chi connectivity index (χ0v) is 10.3. The molecule has 0 aliphatic heterocycles. The average Bonchev–Trinajstić information content (AvgIpc) is 3.11. The van der Waals surface area contributed by atoms with Crippen LogP contribution in [0.3, 0.4) is 0 Å². The number of carbonyl (C=O) groups excluding carboxylic acids is 1. The standard InChI is InChI=1S/C12H14ClFN2O/c1-16(11(17)12(7-15)4-5-12)10-6-8(13)2-3-9(10)14/h2-3,6H,4-5,7,15H2,1H3. The van der Waals surface area contributed by atoms with E-state index in [4.69, 9.17) is 17.3 Å². The molecule has 1 aromatic rings. The van der Waals surface area contributed by atoms with Crippen LogP contribution < -0.4 is 10.6 Å². The van der Waals surface area contributed by atoms with E-state index in [9.17, 15) is 9.18 Å². The third-order valence-corrected chi connectivity index (χ3v) is 3.51. The number of carbonyl (C=O) groups is 1. The van der Waals surface area contributed by atoms with Crippen molar-refractivity contribution in [1.82, 2.24) is 0 Å². The highest BCUT2D eigenvalue weighted by molar-refractivity contribution is 6.31. The van der Waals surface area contributed by atoms with E-state index in [1.807, 2.05) is 0 Å². The topological polar surface area (TPSA) is 46.3 Å². The van der Waals surface area contributed by atoms with Gasteiger partial charge in [0.1, 0.15) is 5.82 Å².